The highest BCUT2D eigenvalue weighted by molar-refractivity contribution is 5.69. The van der Waals surface area contributed by atoms with Crippen LogP contribution in [0.15, 0.2) is 11.6 Å². The van der Waals surface area contributed by atoms with Gasteiger partial charge in [-0.3, -0.25) is 4.79 Å². The molecule has 0 aliphatic heterocycles. The molecule has 0 radical (unpaired) electrons. The van der Waals surface area contributed by atoms with Gasteiger partial charge in [0.05, 0.1) is 6.42 Å². The summed E-state index contributed by atoms with van der Waals surface area (Å²) in [6.07, 6.45) is 5.10. The molecule has 0 unspecified atom stereocenters. The monoisotopic (exact) mass is 156 g/mol. The Morgan fingerprint density at radius 1 is 1.45 bits per heavy atom. The molecule has 11 heavy (non-hydrogen) atoms. The molecule has 0 aliphatic rings. The lowest BCUT2D eigenvalue weighted by Gasteiger charge is -2.00. The first-order valence-corrected chi connectivity index (χ1v) is 4.10. The fraction of sp³-hybridized carbons (Fsp3) is 0.667. The SMILES string of the molecule is CC/C=C(\CCC)CC(=O)O. The predicted molar refractivity (Wildman–Crippen MR) is 45.5 cm³/mol. The quantitative estimate of drug-likeness (QED) is 0.621. The van der Waals surface area contributed by atoms with Crippen molar-refractivity contribution in [2.24, 2.45) is 0 Å². The number of hydrogen-bond acceptors (Lipinski definition) is 1. The molecule has 0 fully saturated rings. The number of hydrogen-bond donors (Lipinski definition) is 1. The molecule has 1 N–H and O–H groups in total. The van der Waals surface area contributed by atoms with Gasteiger partial charge >= 0.3 is 5.97 Å². The molecule has 0 aromatic carbocycles. The van der Waals surface area contributed by atoms with Crippen LogP contribution in [0.25, 0.3) is 0 Å². The van der Waals surface area contributed by atoms with Gasteiger partial charge in [-0.25, -0.2) is 0 Å². The summed E-state index contributed by atoms with van der Waals surface area (Å²) in [5.74, 6) is -0.724. The van der Waals surface area contributed by atoms with Crippen LogP contribution in [-0.4, -0.2) is 11.1 Å². The molecule has 2 nitrogen and oxygen atoms in total. The van der Waals surface area contributed by atoms with Crippen LogP contribution in [0.1, 0.15) is 39.5 Å². The van der Waals surface area contributed by atoms with Crippen LogP contribution in [0.3, 0.4) is 0 Å². The topological polar surface area (TPSA) is 37.3 Å². The summed E-state index contributed by atoms with van der Waals surface area (Å²) in [4.78, 5) is 10.3. The van der Waals surface area contributed by atoms with Crippen molar-refractivity contribution < 1.29 is 9.90 Å². The smallest absolute Gasteiger partial charge is 0.307 e. The highest BCUT2D eigenvalue weighted by Gasteiger charge is 2.01. The van der Waals surface area contributed by atoms with Crippen LogP contribution in [-0.2, 0) is 4.79 Å². The van der Waals surface area contributed by atoms with E-state index in [4.69, 9.17) is 5.11 Å². The van der Waals surface area contributed by atoms with E-state index in [9.17, 15) is 4.79 Å². The summed E-state index contributed by atoms with van der Waals surface area (Å²) in [6.45, 7) is 4.09. The molecule has 0 aromatic rings. The zero-order valence-corrected chi connectivity index (χ0v) is 7.26. The summed E-state index contributed by atoms with van der Waals surface area (Å²) in [5.41, 5.74) is 1.06. The number of allylic oxidation sites excluding steroid dienone is 1. The van der Waals surface area contributed by atoms with Crippen molar-refractivity contribution in [3.8, 4) is 0 Å². The van der Waals surface area contributed by atoms with Gasteiger partial charge in [-0.05, 0) is 12.8 Å². The number of carboxylic acids is 1. The third-order valence-electron chi connectivity index (χ3n) is 1.44. The Morgan fingerprint density at radius 2 is 2.09 bits per heavy atom. The highest BCUT2D eigenvalue weighted by Crippen LogP contribution is 2.10. The zero-order valence-electron chi connectivity index (χ0n) is 7.26. The van der Waals surface area contributed by atoms with Gasteiger partial charge in [-0.15, -0.1) is 0 Å². The lowest BCUT2D eigenvalue weighted by Crippen LogP contribution is -1.97. The summed E-state index contributed by atoms with van der Waals surface area (Å²) >= 11 is 0. The van der Waals surface area contributed by atoms with E-state index in [0.29, 0.717) is 0 Å². The van der Waals surface area contributed by atoms with E-state index in [1.165, 1.54) is 0 Å². The summed E-state index contributed by atoms with van der Waals surface area (Å²) in [7, 11) is 0. The Hall–Kier alpha value is -0.790. The molecule has 0 saturated carbocycles. The minimum atomic E-state index is -0.724. The molecule has 0 spiro atoms. The van der Waals surface area contributed by atoms with E-state index >= 15 is 0 Å². The van der Waals surface area contributed by atoms with Gasteiger partial charge in [0.25, 0.3) is 0 Å². The van der Waals surface area contributed by atoms with E-state index in [1.54, 1.807) is 0 Å². The van der Waals surface area contributed by atoms with E-state index in [1.807, 2.05) is 13.0 Å². The molecule has 0 aliphatic carbocycles. The average molecular weight is 156 g/mol. The number of carbonyl (C=O) groups is 1. The van der Waals surface area contributed by atoms with Crippen molar-refractivity contribution in [3.63, 3.8) is 0 Å². The lowest BCUT2D eigenvalue weighted by atomic mass is 10.1. The molecule has 0 rings (SSSR count). The first-order valence-electron chi connectivity index (χ1n) is 4.10. The van der Waals surface area contributed by atoms with E-state index in [2.05, 4.69) is 6.92 Å². The largest absolute Gasteiger partial charge is 0.481 e. The maximum atomic E-state index is 10.3. The fourth-order valence-corrected chi connectivity index (χ4v) is 1.07. The van der Waals surface area contributed by atoms with Crippen molar-refractivity contribution in [1.82, 2.24) is 0 Å². The Bertz CT molecular complexity index is 148. The van der Waals surface area contributed by atoms with Gasteiger partial charge in [0.15, 0.2) is 0 Å². The van der Waals surface area contributed by atoms with E-state index in [0.717, 1.165) is 24.8 Å². The Kier molecular flexibility index (Phi) is 5.53. The Morgan fingerprint density at radius 3 is 2.45 bits per heavy atom. The molecular formula is C9H16O2. The lowest BCUT2D eigenvalue weighted by molar-refractivity contribution is -0.136. The Labute approximate surface area is 67.9 Å². The maximum Gasteiger partial charge on any atom is 0.307 e. The average Bonchev–Trinajstić information content (AvgIpc) is 1.87. The van der Waals surface area contributed by atoms with Crippen molar-refractivity contribution in [1.29, 1.82) is 0 Å². The second-order valence-corrected chi connectivity index (χ2v) is 2.59. The van der Waals surface area contributed by atoms with Crippen molar-refractivity contribution in [2.45, 2.75) is 39.5 Å². The number of carboxylic acid groups (broad SMARTS) is 1. The second kappa shape index (κ2) is 5.96. The summed E-state index contributed by atoms with van der Waals surface area (Å²) in [6, 6.07) is 0. The molecule has 0 atom stereocenters. The van der Waals surface area contributed by atoms with E-state index in [-0.39, 0.29) is 6.42 Å². The molecule has 0 heterocycles. The molecule has 0 saturated heterocycles. The maximum absolute atomic E-state index is 10.3. The van der Waals surface area contributed by atoms with Crippen molar-refractivity contribution >= 4 is 5.97 Å². The van der Waals surface area contributed by atoms with E-state index < -0.39 is 5.97 Å². The zero-order chi connectivity index (χ0) is 8.69. The standard InChI is InChI=1S/C9H16O2/c1-3-5-8(6-4-2)7-9(10)11/h5H,3-4,6-7H2,1-2H3,(H,10,11)/b8-5+. The van der Waals surface area contributed by atoms with Crippen LogP contribution in [0.5, 0.6) is 0 Å². The minimum Gasteiger partial charge on any atom is -0.481 e. The molecule has 0 aromatic heterocycles. The first-order chi connectivity index (χ1) is 5.20. The third kappa shape index (κ3) is 5.64. The van der Waals surface area contributed by atoms with Gasteiger partial charge < -0.3 is 5.11 Å². The van der Waals surface area contributed by atoms with Crippen LogP contribution < -0.4 is 0 Å². The fourth-order valence-electron chi connectivity index (χ4n) is 1.07. The summed E-state index contributed by atoms with van der Waals surface area (Å²) < 4.78 is 0. The second-order valence-electron chi connectivity index (χ2n) is 2.59. The predicted octanol–water partition coefficient (Wildman–Crippen LogP) is 2.60. The van der Waals surface area contributed by atoms with Gasteiger partial charge in [-0.1, -0.05) is 31.9 Å². The number of rotatable bonds is 5. The van der Waals surface area contributed by atoms with Gasteiger partial charge in [0, 0.05) is 0 Å². The van der Waals surface area contributed by atoms with Crippen LogP contribution in [0.4, 0.5) is 0 Å². The number of aliphatic carboxylic acids is 1. The Balaban J connectivity index is 3.89. The first kappa shape index (κ1) is 10.2. The minimum absolute atomic E-state index is 0.210. The van der Waals surface area contributed by atoms with Crippen molar-refractivity contribution in [2.75, 3.05) is 0 Å². The molecule has 64 valence electrons. The molecule has 0 amide bonds. The van der Waals surface area contributed by atoms with Crippen LogP contribution >= 0.6 is 0 Å². The third-order valence-corrected chi connectivity index (χ3v) is 1.44. The summed E-state index contributed by atoms with van der Waals surface area (Å²) in [5, 5.41) is 8.50. The van der Waals surface area contributed by atoms with Gasteiger partial charge in [0.1, 0.15) is 0 Å². The van der Waals surface area contributed by atoms with Crippen LogP contribution in [0.2, 0.25) is 0 Å². The van der Waals surface area contributed by atoms with Crippen molar-refractivity contribution in [3.05, 3.63) is 11.6 Å². The highest BCUT2D eigenvalue weighted by atomic mass is 16.4. The molecule has 2 heteroatoms. The normalized spacial score (nSPS) is 11.6. The molecular weight excluding hydrogens is 140 g/mol. The van der Waals surface area contributed by atoms with Gasteiger partial charge in [-0.2, -0.15) is 0 Å². The van der Waals surface area contributed by atoms with Gasteiger partial charge in [0.2, 0.25) is 0 Å². The van der Waals surface area contributed by atoms with Crippen LogP contribution in [0, 0.1) is 0 Å². The molecule has 0 bridgehead atoms.